The van der Waals surface area contributed by atoms with Crippen molar-refractivity contribution in [3.8, 4) is 5.75 Å². The summed E-state index contributed by atoms with van der Waals surface area (Å²) < 4.78 is 5.86. The minimum Gasteiger partial charge on any atom is -0.491 e. The highest BCUT2D eigenvalue weighted by atomic mass is 35.5. The van der Waals surface area contributed by atoms with Gasteiger partial charge in [0, 0.05) is 5.02 Å². The summed E-state index contributed by atoms with van der Waals surface area (Å²) in [5.41, 5.74) is 1.42. The molecule has 3 amide bonds. The van der Waals surface area contributed by atoms with E-state index in [1.165, 1.54) is 0 Å². The van der Waals surface area contributed by atoms with E-state index in [2.05, 4.69) is 5.32 Å². The number of carbonyl (C=O) groups excluding carboxylic acids is 2. The monoisotopic (exact) mass is 444 g/mol. The molecule has 0 unspecified atom stereocenters. The van der Waals surface area contributed by atoms with Gasteiger partial charge in [-0.2, -0.15) is 0 Å². The number of amides is 3. The van der Waals surface area contributed by atoms with Crippen molar-refractivity contribution in [3.63, 3.8) is 0 Å². The fourth-order valence-corrected chi connectivity index (χ4v) is 4.02. The van der Waals surface area contributed by atoms with Crippen LogP contribution in [0, 0.1) is 6.92 Å². The van der Waals surface area contributed by atoms with E-state index in [1.807, 2.05) is 70.2 Å². The highest BCUT2D eigenvalue weighted by molar-refractivity contribution is 6.31. The predicted molar refractivity (Wildman–Crippen MR) is 120 cm³/mol. The van der Waals surface area contributed by atoms with Gasteiger partial charge in [-0.05, 0) is 48.1 Å². The van der Waals surface area contributed by atoms with Crippen LogP contribution in [0.4, 0.5) is 4.79 Å². The van der Waals surface area contributed by atoms with Gasteiger partial charge >= 0.3 is 6.03 Å². The van der Waals surface area contributed by atoms with Gasteiger partial charge in [0.25, 0.3) is 5.91 Å². The summed E-state index contributed by atoms with van der Waals surface area (Å²) in [4.78, 5) is 26.8. The van der Waals surface area contributed by atoms with Gasteiger partial charge in [-0.3, -0.25) is 9.69 Å². The lowest BCUT2D eigenvalue weighted by Gasteiger charge is -2.26. The Hall–Kier alpha value is -2.57. The Morgan fingerprint density at radius 2 is 1.87 bits per heavy atom. The van der Waals surface area contributed by atoms with Crippen LogP contribution < -0.4 is 10.1 Å². The lowest BCUT2D eigenvalue weighted by molar-refractivity contribution is -0.132. The number of hydrogen-bond acceptors (Lipinski definition) is 4. The number of hydrogen-bond donors (Lipinski definition) is 2. The lowest BCUT2D eigenvalue weighted by atomic mass is 9.87. The fourth-order valence-electron chi connectivity index (χ4n) is 3.85. The summed E-state index contributed by atoms with van der Waals surface area (Å²) >= 11 is 6.24. The third-order valence-corrected chi connectivity index (χ3v) is 6.12. The number of β-amino-alcohol motifs (C(OH)–C–C–N with tert-alkyl or cyclic N) is 1. The van der Waals surface area contributed by atoms with Crippen molar-refractivity contribution in [1.82, 2.24) is 10.2 Å². The highest BCUT2D eigenvalue weighted by Gasteiger charge is 2.51. The smallest absolute Gasteiger partial charge is 0.325 e. The number of carbonyl (C=O) groups is 2. The number of urea groups is 1. The van der Waals surface area contributed by atoms with Gasteiger partial charge in [0.15, 0.2) is 0 Å². The zero-order valence-electron chi connectivity index (χ0n) is 18.3. The van der Waals surface area contributed by atoms with E-state index in [9.17, 15) is 14.7 Å². The zero-order chi connectivity index (χ0) is 22.8. The Morgan fingerprint density at radius 1 is 1.19 bits per heavy atom. The molecule has 1 saturated heterocycles. The van der Waals surface area contributed by atoms with Crippen LogP contribution in [0.5, 0.6) is 5.75 Å². The predicted octanol–water partition coefficient (Wildman–Crippen LogP) is 4.37. The number of ether oxygens (including phenoxy) is 1. The third-order valence-electron chi connectivity index (χ3n) is 5.71. The lowest BCUT2D eigenvalue weighted by Crippen LogP contribution is -2.44. The zero-order valence-corrected chi connectivity index (χ0v) is 19.1. The van der Waals surface area contributed by atoms with Crippen LogP contribution >= 0.6 is 11.6 Å². The van der Waals surface area contributed by atoms with Crippen molar-refractivity contribution in [1.29, 1.82) is 0 Å². The maximum Gasteiger partial charge on any atom is 0.325 e. The third kappa shape index (κ3) is 4.55. The van der Waals surface area contributed by atoms with Crippen molar-refractivity contribution < 1.29 is 19.4 Å². The Bertz CT molecular complexity index is 964. The van der Waals surface area contributed by atoms with E-state index in [4.69, 9.17) is 16.3 Å². The van der Waals surface area contributed by atoms with E-state index in [0.717, 1.165) is 21.6 Å². The standard InChI is InChI=1S/C24H29ClN2O4/c1-5-24(17-9-7-6-8-10-17)22(29)27(23(30)26-24)13-18(28)14-31-21-11-16(4)20(25)12-19(21)15(2)3/h6-12,15,18,28H,5,13-14H2,1-4H3,(H,26,30)/t18-,24+/m0/s1. The van der Waals surface area contributed by atoms with Crippen molar-refractivity contribution in [2.75, 3.05) is 13.2 Å². The van der Waals surface area contributed by atoms with Crippen molar-refractivity contribution in [3.05, 3.63) is 64.2 Å². The van der Waals surface area contributed by atoms with Gasteiger partial charge in [0.1, 0.15) is 24.0 Å². The van der Waals surface area contributed by atoms with Crippen LogP contribution in [-0.2, 0) is 10.3 Å². The van der Waals surface area contributed by atoms with E-state index in [1.54, 1.807) is 0 Å². The molecule has 1 aliphatic heterocycles. The topological polar surface area (TPSA) is 78.9 Å². The van der Waals surface area contributed by atoms with Gasteiger partial charge in [-0.15, -0.1) is 0 Å². The molecule has 7 heteroatoms. The molecular weight excluding hydrogens is 416 g/mol. The number of nitrogens with one attached hydrogen (secondary N) is 1. The molecular formula is C24H29ClN2O4. The minimum atomic E-state index is -1.11. The van der Waals surface area contributed by atoms with Crippen LogP contribution in [0.2, 0.25) is 5.02 Å². The van der Waals surface area contributed by atoms with Crippen LogP contribution in [0.3, 0.4) is 0 Å². The Morgan fingerprint density at radius 3 is 2.48 bits per heavy atom. The molecule has 0 bridgehead atoms. The number of nitrogens with zero attached hydrogens (tertiary/aromatic N) is 1. The maximum absolute atomic E-state index is 13.2. The second-order valence-corrected chi connectivity index (χ2v) is 8.64. The molecule has 0 spiro atoms. The molecule has 2 N–H and O–H groups in total. The highest BCUT2D eigenvalue weighted by Crippen LogP contribution is 2.33. The van der Waals surface area contributed by atoms with Crippen LogP contribution in [0.15, 0.2) is 42.5 Å². The minimum absolute atomic E-state index is 0.0533. The number of halogens is 1. The van der Waals surface area contributed by atoms with Gasteiger partial charge < -0.3 is 15.2 Å². The van der Waals surface area contributed by atoms with Gasteiger partial charge in [-0.1, -0.05) is 62.7 Å². The van der Waals surface area contributed by atoms with E-state index in [-0.39, 0.29) is 25.0 Å². The van der Waals surface area contributed by atoms with Crippen molar-refractivity contribution >= 4 is 23.5 Å². The van der Waals surface area contributed by atoms with E-state index >= 15 is 0 Å². The van der Waals surface area contributed by atoms with Crippen molar-refractivity contribution in [2.24, 2.45) is 0 Å². The molecule has 166 valence electrons. The number of aliphatic hydroxyl groups excluding tert-OH is 1. The summed E-state index contributed by atoms with van der Waals surface area (Å²) in [6, 6.07) is 12.4. The summed E-state index contributed by atoms with van der Waals surface area (Å²) in [6.45, 7) is 7.60. The molecule has 1 aliphatic rings. The Kier molecular flexibility index (Phi) is 6.92. The molecule has 0 radical (unpaired) electrons. The Labute approximate surface area is 188 Å². The first-order valence-electron chi connectivity index (χ1n) is 10.5. The quantitative estimate of drug-likeness (QED) is 0.592. The molecule has 2 aromatic carbocycles. The average molecular weight is 445 g/mol. The molecule has 1 heterocycles. The molecule has 31 heavy (non-hydrogen) atoms. The first-order chi connectivity index (χ1) is 14.7. The molecule has 6 nitrogen and oxygen atoms in total. The van der Waals surface area contributed by atoms with E-state index < -0.39 is 17.7 Å². The van der Waals surface area contributed by atoms with E-state index in [0.29, 0.717) is 17.2 Å². The van der Waals surface area contributed by atoms with Crippen LogP contribution in [-0.4, -0.2) is 41.2 Å². The van der Waals surface area contributed by atoms with Gasteiger partial charge in [0.2, 0.25) is 0 Å². The van der Waals surface area contributed by atoms with Gasteiger partial charge in [-0.25, -0.2) is 4.79 Å². The first kappa shape index (κ1) is 23.1. The second kappa shape index (κ2) is 9.28. The molecule has 3 rings (SSSR count). The number of imide groups is 1. The molecule has 2 atom stereocenters. The molecule has 1 fully saturated rings. The normalized spacial score (nSPS) is 19.6. The average Bonchev–Trinajstić information content (AvgIpc) is 2.99. The fraction of sp³-hybridized carbons (Fsp3) is 0.417. The van der Waals surface area contributed by atoms with Crippen LogP contribution in [0.25, 0.3) is 0 Å². The summed E-state index contributed by atoms with van der Waals surface area (Å²) in [5, 5.41) is 14.0. The summed E-state index contributed by atoms with van der Waals surface area (Å²) in [7, 11) is 0. The van der Waals surface area contributed by atoms with Crippen LogP contribution in [0.1, 0.15) is 49.8 Å². The van der Waals surface area contributed by atoms with Gasteiger partial charge in [0.05, 0.1) is 6.54 Å². The second-order valence-electron chi connectivity index (χ2n) is 8.23. The SMILES string of the molecule is CC[C@]1(c2ccccc2)NC(=O)N(C[C@H](O)COc2cc(C)c(Cl)cc2C(C)C)C1=O. The maximum atomic E-state index is 13.2. The molecule has 0 saturated carbocycles. The number of benzene rings is 2. The number of rotatable bonds is 8. The number of aryl methyl sites for hydroxylation is 1. The summed E-state index contributed by atoms with van der Waals surface area (Å²) in [6.07, 6.45) is -0.624. The number of aliphatic hydroxyl groups is 1. The molecule has 0 aromatic heterocycles. The first-order valence-corrected chi connectivity index (χ1v) is 10.9. The Balaban J connectivity index is 1.72. The summed E-state index contributed by atoms with van der Waals surface area (Å²) in [5.74, 6) is 0.461. The van der Waals surface area contributed by atoms with Crippen molar-refractivity contribution in [2.45, 2.75) is 51.7 Å². The molecule has 2 aromatic rings. The molecule has 0 aliphatic carbocycles. The largest absolute Gasteiger partial charge is 0.491 e.